The van der Waals surface area contributed by atoms with Gasteiger partial charge in [0, 0.05) is 0 Å². The van der Waals surface area contributed by atoms with Crippen LogP contribution < -0.4 is 0 Å². The Hall–Kier alpha value is -0.673. The van der Waals surface area contributed by atoms with Crippen LogP contribution in [0, 0.1) is 0 Å². The molecule has 0 unspecified atom stereocenters. The van der Waals surface area contributed by atoms with Crippen LogP contribution in [0.25, 0.3) is 0 Å². The lowest BCUT2D eigenvalue weighted by atomic mass is 10.1. The molecule has 0 radical (unpaired) electrons. The van der Waals surface area contributed by atoms with Crippen molar-refractivity contribution >= 4 is 14.6 Å². The third-order valence-corrected chi connectivity index (χ3v) is 8.53. The van der Waals surface area contributed by atoms with E-state index in [0.29, 0.717) is 0 Å². The van der Waals surface area contributed by atoms with Crippen molar-refractivity contribution < 1.29 is 9.22 Å². The van der Waals surface area contributed by atoms with Gasteiger partial charge in [-0.25, -0.2) is 0 Å². The predicted octanol–water partition coefficient (Wildman–Crippen LogP) is 4.88. The van der Waals surface area contributed by atoms with Gasteiger partial charge in [0.1, 0.15) is 6.29 Å². The molecule has 0 N–H and O–H groups in total. The van der Waals surface area contributed by atoms with E-state index in [1.807, 2.05) is 19.9 Å². The van der Waals surface area contributed by atoms with E-state index in [1.54, 1.807) is 0 Å². The van der Waals surface area contributed by atoms with E-state index in [9.17, 15) is 4.79 Å². The van der Waals surface area contributed by atoms with Crippen LogP contribution in [0.2, 0.25) is 18.1 Å². The fraction of sp³-hybridized carbons (Fsp3) is 0.688. The molecule has 2 nitrogen and oxygen atoms in total. The Morgan fingerprint density at radius 3 is 2.16 bits per heavy atom. The number of allylic oxidation sites excluding steroid dienone is 2. The fourth-order valence-corrected chi connectivity index (χ4v) is 2.73. The Labute approximate surface area is 120 Å². The standard InChI is InChI=1S/C16H30O2Si/c1-9-14(3)15(11-10-13(2)12-17)18-19(7,8)16(4,5)6/h9-10,12,15H,11H2,1-8H3/t15-/m1/s1. The molecule has 3 heteroatoms. The van der Waals surface area contributed by atoms with Crippen molar-refractivity contribution in [2.45, 2.75) is 72.2 Å². The van der Waals surface area contributed by atoms with Crippen molar-refractivity contribution in [1.29, 1.82) is 0 Å². The zero-order valence-corrected chi connectivity index (χ0v) is 14.8. The molecule has 0 aromatic heterocycles. The Morgan fingerprint density at radius 1 is 1.26 bits per heavy atom. The highest BCUT2D eigenvalue weighted by molar-refractivity contribution is 6.74. The number of rotatable bonds is 6. The quantitative estimate of drug-likeness (QED) is 0.300. The number of hydrogen-bond acceptors (Lipinski definition) is 2. The van der Waals surface area contributed by atoms with Gasteiger partial charge in [-0.05, 0) is 56.5 Å². The van der Waals surface area contributed by atoms with E-state index >= 15 is 0 Å². The van der Waals surface area contributed by atoms with Gasteiger partial charge in [-0.1, -0.05) is 32.9 Å². The molecule has 0 spiro atoms. The molecule has 0 bridgehead atoms. The first-order chi connectivity index (χ1) is 8.55. The molecule has 0 aliphatic heterocycles. The molecule has 0 fully saturated rings. The highest BCUT2D eigenvalue weighted by Crippen LogP contribution is 2.38. The molecule has 0 saturated carbocycles. The minimum atomic E-state index is -1.79. The summed E-state index contributed by atoms with van der Waals surface area (Å²) in [4.78, 5) is 10.7. The summed E-state index contributed by atoms with van der Waals surface area (Å²) in [5.41, 5.74) is 2.01. The molecule has 0 amide bonds. The summed E-state index contributed by atoms with van der Waals surface area (Å²) in [6, 6.07) is 0. The molecule has 0 saturated heterocycles. The van der Waals surface area contributed by atoms with Crippen molar-refractivity contribution in [3.8, 4) is 0 Å². The summed E-state index contributed by atoms with van der Waals surface area (Å²) in [6.45, 7) is 17.2. The highest BCUT2D eigenvalue weighted by Gasteiger charge is 2.39. The van der Waals surface area contributed by atoms with Gasteiger partial charge < -0.3 is 4.43 Å². The summed E-state index contributed by atoms with van der Waals surface area (Å²) < 4.78 is 6.46. The summed E-state index contributed by atoms with van der Waals surface area (Å²) in [6.07, 6.45) is 5.82. The molecular weight excluding hydrogens is 252 g/mol. The second-order valence-corrected chi connectivity index (χ2v) is 11.5. The van der Waals surface area contributed by atoms with E-state index in [-0.39, 0.29) is 11.1 Å². The van der Waals surface area contributed by atoms with Crippen LogP contribution >= 0.6 is 0 Å². The maximum atomic E-state index is 10.7. The molecule has 0 rings (SSSR count). The first-order valence-electron chi connectivity index (χ1n) is 6.97. The van der Waals surface area contributed by atoms with Gasteiger partial charge in [0.25, 0.3) is 0 Å². The van der Waals surface area contributed by atoms with Gasteiger partial charge in [0.2, 0.25) is 0 Å². The van der Waals surface area contributed by atoms with Crippen LogP contribution in [-0.4, -0.2) is 20.7 Å². The maximum Gasteiger partial charge on any atom is 0.192 e. The molecule has 110 valence electrons. The van der Waals surface area contributed by atoms with Crippen molar-refractivity contribution in [1.82, 2.24) is 0 Å². The first kappa shape index (κ1) is 18.3. The van der Waals surface area contributed by atoms with Gasteiger partial charge in [-0.15, -0.1) is 0 Å². The lowest BCUT2D eigenvalue weighted by Gasteiger charge is -2.39. The normalized spacial score (nSPS) is 16.4. The fourth-order valence-electron chi connectivity index (χ4n) is 1.39. The van der Waals surface area contributed by atoms with E-state index in [2.05, 4.69) is 46.9 Å². The molecule has 0 aliphatic rings. The first-order valence-corrected chi connectivity index (χ1v) is 9.88. The molecule has 0 aliphatic carbocycles. The van der Waals surface area contributed by atoms with Gasteiger partial charge in [0.05, 0.1) is 6.10 Å². The van der Waals surface area contributed by atoms with Crippen LogP contribution in [0.1, 0.15) is 48.0 Å². The average molecular weight is 282 g/mol. The van der Waals surface area contributed by atoms with E-state index in [0.717, 1.165) is 18.3 Å². The smallest absolute Gasteiger partial charge is 0.192 e. The summed E-state index contributed by atoms with van der Waals surface area (Å²) in [5, 5.41) is 0.197. The second-order valence-electron chi connectivity index (χ2n) is 6.70. The van der Waals surface area contributed by atoms with Crippen molar-refractivity contribution in [2.75, 3.05) is 0 Å². The number of hydrogen-bond donors (Lipinski definition) is 0. The summed E-state index contributed by atoms with van der Waals surface area (Å²) in [5.74, 6) is 0. The zero-order valence-electron chi connectivity index (χ0n) is 13.8. The Balaban J connectivity index is 5.05. The average Bonchev–Trinajstić information content (AvgIpc) is 2.31. The third-order valence-electron chi connectivity index (χ3n) is 4.05. The Bertz CT molecular complexity index is 359. The number of carbonyl (C=O) groups excluding carboxylic acids is 1. The molecule has 19 heavy (non-hydrogen) atoms. The van der Waals surface area contributed by atoms with Crippen molar-refractivity contribution in [3.63, 3.8) is 0 Å². The topological polar surface area (TPSA) is 26.3 Å². The second kappa shape index (κ2) is 7.20. The summed E-state index contributed by atoms with van der Waals surface area (Å²) in [7, 11) is -1.79. The SMILES string of the molecule is CC=C(C)[C@@H](CC=C(C)C=O)O[Si](C)(C)C(C)(C)C. The molecule has 1 atom stereocenters. The Kier molecular flexibility index (Phi) is 6.95. The van der Waals surface area contributed by atoms with Crippen LogP contribution in [-0.2, 0) is 9.22 Å². The largest absolute Gasteiger partial charge is 0.410 e. The van der Waals surface area contributed by atoms with Gasteiger partial charge >= 0.3 is 0 Å². The van der Waals surface area contributed by atoms with Gasteiger partial charge in [-0.2, -0.15) is 0 Å². The summed E-state index contributed by atoms with van der Waals surface area (Å²) >= 11 is 0. The molecule has 0 heterocycles. The van der Waals surface area contributed by atoms with E-state index in [1.165, 1.54) is 5.57 Å². The minimum absolute atomic E-state index is 0.0841. The highest BCUT2D eigenvalue weighted by atomic mass is 28.4. The maximum absolute atomic E-state index is 10.7. The third kappa shape index (κ3) is 5.87. The van der Waals surface area contributed by atoms with Gasteiger partial charge in [0.15, 0.2) is 8.32 Å². The molecular formula is C16H30O2Si. The van der Waals surface area contributed by atoms with Crippen molar-refractivity contribution in [3.05, 3.63) is 23.3 Å². The van der Waals surface area contributed by atoms with Crippen LogP contribution in [0.3, 0.4) is 0 Å². The zero-order chi connectivity index (χ0) is 15.3. The lowest BCUT2D eigenvalue weighted by Crippen LogP contribution is -2.44. The van der Waals surface area contributed by atoms with Crippen molar-refractivity contribution in [2.24, 2.45) is 0 Å². The van der Waals surface area contributed by atoms with E-state index < -0.39 is 8.32 Å². The van der Waals surface area contributed by atoms with Gasteiger partial charge in [-0.3, -0.25) is 4.79 Å². The number of carbonyl (C=O) groups is 1. The molecule has 0 aromatic carbocycles. The van der Waals surface area contributed by atoms with E-state index in [4.69, 9.17) is 4.43 Å². The monoisotopic (exact) mass is 282 g/mol. The molecule has 0 aromatic rings. The Morgan fingerprint density at radius 2 is 1.79 bits per heavy atom. The predicted molar refractivity (Wildman–Crippen MR) is 85.9 cm³/mol. The minimum Gasteiger partial charge on any atom is -0.410 e. The van der Waals surface area contributed by atoms with Crippen LogP contribution in [0.15, 0.2) is 23.3 Å². The number of aldehydes is 1. The lowest BCUT2D eigenvalue weighted by molar-refractivity contribution is -0.104. The van der Waals surface area contributed by atoms with Crippen LogP contribution in [0.5, 0.6) is 0 Å². The van der Waals surface area contributed by atoms with Crippen LogP contribution in [0.4, 0.5) is 0 Å².